The van der Waals surface area contributed by atoms with Crippen LogP contribution < -0.4 is 5.63 Å². The van der Waals surface area contributed by atoms with E-state index in [1.54, 1.807) is 6.07 Å². The molecule has 39 heavy (non-hydrogen) atoms. The van der Waals surface area contributed by atoms with Gasteiger partial charge in [0, 0.05) is 22.4 Å². The maximum absolute atomic E-state index is 13.8. The SMILES string of the molecule is O=C(OCc1cc(=O)oc2ccc3ccccc3c12)c1c2c(nc3ccccc13)/C(=C\c1ccccc1)CC2. The van der Waals surface area contributed by atoms with Gasteiger partial charge in [0.2, 0.25) is 0 Å². The van der Waals surface area contributed by atoms with E-state index in [4.69, 9.17) is 14.1 Å². The van der Waals surface area contributed by atoms with E-state index in [-0.39, 0.29) is 6.61 Å². The first kappa shape index (κ1) is 23.1. The number of allylic oxidation sites excluding steroid dienone is 1. The highest BCUT2D eigenvalue weighted by Crippen LogP contribution is 2.38. The lowest BCUT2D eigenvalue weighted by Crippen LogP contribution is -2.12. The van der Waals surface area contributed by atoms with Crippen molar-refractivity contribution in [3.63, 3.8) is 0 Å². The minimum atomic E-state index is -0.477. The summed E-state index contributed by atoms with van der Waals surface area (Å²) in [4.78, 5) is 31.1. The maximum atomic E-state index is 13.8. The topological polar surface area (TPSA) is 69.4 Å². The zero-order valence-electron chi connectivity index (χ0n) is 21.0. The molecule has 0 atom stereocenters. The molecule has 1 aliphatic carbocycles. The van der Waals surface area contributed by atoms with Crippen LogP contribution in [0.5, 0.6) is 0 Å². The third-order valence-corrected chi connectivity index (χ3v) is 7.36. The highest BCUT2D eigenvalue weighted by atomic mass is 16.5. The van der Waals surface area contributed by atoms with Gasteiger partial charge in [-0.25, -0.2) is 14.6 Å². The van der Waals surface area contributed by atoms with Crippen molar-refractivity contribution in [1.82, 2.24) is 4.98 Å². The van der Waals surface area contributed by atoms with Crippen LogP contribution in [-0.4, -0.2) is 11.0 Å². The fourth-order valence-corrected chi connectivity index (χ4v) is 5.61. The molecule has 0 spiro atoms. The molecule has 0 amide bonds. The van der Waals surface area contributed by atoms with E-state index >= 15 is 0 Å². The molecular weight excluding hydrogens is 486 g/mol. The Morgan fingerprint density at radius 3 is 2.51 bits per heavy atom. The summed E-state index contributed by atoms with van der Waals surface area (Å²) < 4.78 is 11.4. The molecule has 0 radical (unpaired) electrons. The Morgan fingerprint density at radius 2 is 1.64 bits per heavy atom. The second kappa shape index (κ2) is 9.37. The first-order valence-corrected chi connectivity index (χ1v) is 12.9. The number of hydrogen-bond acceptors (Lipinski definition) is 5. The van der Waals surface area contributed by atoms with Gasteiger partial charge in [0.25, 0.3) is 0 Å². The molecule has 7 rings (SSSR count). The third-order valence-electron chi connectivity index (χ3n) is 7.36. The van der Waals surface area contributed by atoms with E-state index in [2.05, 4.69) is 18.2 Å². The van der Waals surface area contributed by atoms with Crippen molar-refractivity contribution in [1.29, 1.82) is 0 Å². The van der Waals surface area contributed by atoms with E-state index < -0.39 is 11.6 Å². The van der Waals surface area contributed by atoms with Crippen molar-refractivity contribution in [3.8, 4) is 0 Å². The van der Waals surface area contributed by atoms with Gasteiger partial charge in [-0.05, 0) is 58.5 Å². The van der Waals surface area contributed by atoms with Crippen LogP contribution >= 0.6 is 0 Å². The Labute approximate surface area is 224 Å². The first-order chi connectivity index (χ1) is 19.2. The van der Waals surface area contributed by atoms with Gasteiger partial charge >= 0.3 is 11.6 Å². The standard InChI is InChI=1S/C34H23NO4/c36-30-19-24(31-25-11-5-4-10-22(25)15-17-29(31)39-30)20-38-34(37)32-26-12-6-7-13-28(26)35-33-23(14-16-27(32)33)18-21-8-2-1-3-9-21/h1-13,15,17-19H,14,16,20H2/b23-18-. The summed E-state index contributed by atoms with van der Waals surface area (Å²) in [6.07, 6.45) is 3.65. The van der Waals surface area contributed by atoms with Crippen LogP contribution in [0.25, 0.3) is 44.3 Å². The van der Waals surface area contributed by atoms with Gasteiger partial charge < -0.3 is 9.15 Å². The molecule has 2 heterocycles. The minimum absolute atomic E-state index is 0.0485. The van der Waals surface area contributed by atoms with Crippen molar-refractivity contribution < 1.29 is 13.9 Å². The molecule has 0 bridgehead atoms. The molecule has 6 aromatic rings. The summed E-state index contributed by atoms with van der Waals surface area (Å²) in [5.74, 6) is -0.424. The van der Waals surface area contributed by atoms with Gasteiger partial charge in [-0.2, -0.15) is 0 Å². The lowest BCUT2D eigenvalue weighted by atomic mass is 10.0. The van der Waals surface area contributed by atoms with Crippen LogP contribution in [0.1, 0.15) is 39.2 Å². The van der Waals surface area contributed by atoms with E-state index in [1.165, 1.54) is 6.07 Å². The van der Waals surface area contributed by atoms with Crippen LogP contribution in [0.2, 0.25) is 0 Å². The van der Waals surface area contributed by atoms with Gasteiger partial charge in [-0.3, -0.25) is 0 Å². The van der Waals surface area contributed by atoms with E-state index in [0.29, 0.717) is 23.1 Å². The average Bonchev–Trinajstić information content (AvgIpc) is 3.36. The van der Waals surface area contributed by atoms with Gasteiger partial charge in [-0.15, -0.1) is 0 Å². The number of pyridine rings is 1. The number of benzene rings is 4. The molecule has 0 N–H and O–H groups in total. The Hall–Kier alpha value is -5.03. The Kier molecular flexibility index (Phi) is 5.55. The fraction of sp³-hybridized carbons (Fsp3) is 0.0882. The van der Waals surface area contributed by atoms with Crippen LogP contribution in [0.4, 0.5) is 0 Å². The first-order valence-electron chi connectivity index (χ1n) is 12.9. The Morgan fingerprint density at radius 1 is 0.872 bits per heavy atom. The fourth-order valence-electron chi connectivity index (χ4n) is 5.61. The van der Waals surface area contributed by atoms with Crippen LogP contribution in [-0.2, 0) is 17.8 Å². The summed E-state index contributed by atoms with van der Waals surface area (Å²) in [5.41, 5.74) is 5.87. The average molecular weight is 510 g/mol. The monoisotopic (exact) mass is 509 g/mol. The molecule has 4 aromatic carbocycles. The maximum Gasteiger partial charge on any atom is 0.339 e. The van der Waals surface area contributed by atoms with Crippen LogP contribution in [0.15, 0.2) is 106 Å². The highest BCUT2D eigenvalue weighted by molar-refractivity contribution is 6.08. The number of rotatable bonds is 4. The Bertz CT molecular complexity index is 2000. The largest absolute Gasteiger partial charge is 0.457 e. The molecule has 0 unspecified atom stereocenters. The van der Waals surface area contributed by atoms with E-state index in [0.717, 1.165) is 55.9 Å². The molecule has 5 nitrogen and oxygen atoms in total. The highest BCUT2D eigenvalue weighted by Gasteiger charge is 2.28. The van der Waals surface area contributed by atoms with Crippen LogP contribution in [0, 0.1) is 0 Å². The second-order valence-electron chi connectivity index (χ2n) is 9.74. The number of carbonyl (C=O) groups is 1. The van der Waals surface area contributed by atoms with Crippen molar-refractivity contribution in [2.45, 2.75) is 19.4 Å². The van der Waals surface area contributed by atoms with E-state index in [9.17, 15) is 9.59 Å². The third kappa shape index (κ3) is 4.09. The molecule has 1 aliphatic rings. The predicted octanol–water partition coefficient (Wildman–Crippen LogP) is 7.34. The molecule has 0 aliphatic heterocycles. The number of hydrogen-bond donors (Lipinski definition) is 0. The molecule has 2 aromatic heterocycles. The smallest absolute Gasteiger partial charge is 0.339 e. The zero-order chi connectivity index (χ0) is 26.3. The van der Waals surface area contributed by atoms with E-state index in [1.807, 2.05) is 72.8 Å². The molecule has 5 heteroatoms. The van der Waals surface area contributed by atoms with Crippen LogP contribution in [0.3, 0.4) is 0 Å². The molecular formula is C34H23NO4. The molecule has 0 fully saturated rings. The molecule has 0 saturated carbocycles. The van der Waals surface area contributed by atoms with Crippen molar-refractivity contribution in [2.75, 3.05) is 0 Å². The number of aromatic nitrogens is 1. The number of para-hydroxylation sites is 1. The summed E-state index contributed by atoms with van der Waals surface area (Å²) in [5, 5.41) is 3.50. The molecule has 188 valence electrons. The summed E-state index contributed by atoms with van der Waals surface area (Å²) in [6, 6.07) is 30.8. The van der Waals surface area contributed by atoms with Gasteiger partial charge in [0.15, 0.2) is 0 Å². The number of esters is 1. The van der Waals surface area contributed by atoms with Crippen molar-refractivity contribution >= 4 is 50.3 Å². The quantitative estimate of drug-likeness (QED) is 0.141. The number of carbonyl (C=O) groups excluding carboxylic acids is 1. The normalized spacial score (nSPS) is 13.8. The second-order valence-corrected chi connectivity index (χ2v) is 9.74. The lowest BCUT2D eigenvalue weighted by molar-refractivity contribution is 0.0475. The summed E-state index contributed by atoms with van der Waals surface area (Å²) in [6.45, 7) is -0.0485. The molecule has 0 saturated heterocycles. The van der Waals surface area contributed by atoms with Gasteiger partial charge in [0.05, 0.1) is 16.8 Å². The Balaban J connectivity index is 1.31. The summed E-state index contributed by atoms with van der Waals surface area (Å²) in [7, 11) is 0. The lowest BCUT2D eigenvalue weighted by Gasteiger charge is -2.13. The van der Waals surface area contributed by atoms with Crippen molar-refractivity contribution in [3.05, 3.63) is 135 Å². The summed E-state index contributed by atoms with van der Waals surface area (Å²) >= 11 is 0. The van der Waals surface area contributed by atoms with Gasteiger partial charge in [-0.1, -0.05) is 78.9 Å². The van der Waals surface area contributed by atoms with Gasteiger partial charge in [0.1, 0.15) is 12.2 Å². The number of fused-ring (bicyclic) bond motifs is 5. The number of ether oxygens (including phenoxy) is 1. The minimum Gasteiger partial charge on any atom is -0.457 e. The zero-order valence-corrected chi connectivity index (χ0v) is 21.0. The number of nitrogens with zero attached hydrogens (tertiary/aromatic N) is 1. The predicted molar refractivity (Wildman–Crippen MR) is 153 cm³/mol. The van der Waals surface area contributed by atoms with Crippen molar-refractivity contribution in [2.24, 2.45) is 0 Å².